The second kappa shape index (κ2) is 8.22. The zero-order valence-electron chi connectivity index (χ0n) is 20.0. The first kappa shape index (κ1) is 22.0. The van der Waals surface area contributed by atoms with Crippen LogP contribution in [0.1, 0.15) is 30.5 Å². The number of nitrogens with one attached hydrogen (secondary N) is 1. The number of fused-ring (bicyclic) bond motifs is 2. The number of aromatic nitrogens is 4. The summed E-state index contributed by atoms with van der Waals surface area (Å²) in [5, 5.41) is 8.28. The van der Waals surface area contributed by atoms with E-state index in [0.717, 1.165) is 52.1 Å². The van der Waals surface area contributed by atoms with Crippen LogP contribution in [0.15, 0.2) is 49.1 Å². The van der Waals surface area contributed by atoms with E-state index in [9.17, 15) is 4.79 Å². The van der Waals surface area contributed by atoms with Gasteiger partial charge in [0.05, 0.1) is 17.3 Å². The summed E-state index contributed by atoms with van der Waals surface area (Å²) in [7, 11) is 1.92. The van der Waals surface area contributed by atoms with Crippen LogP contribution in [0.3, 0.4) is 0 Å². The number of aryl methyl sites for hydroxylation is 2. The first-order valence-electron chi connectivity index (χ1n) is 11.4. The minimum atomic E-state index is -0.939. The normalized spacial score (nSPS) is 13.7. The summed E-state index contributed by atoms with van der Waals surface area (Å²) in [5.41, 5.74) is 12.4. The molecule has 0 saturated carbocycles. The van der Waals surface area contributed by atoms with E-state index in [0.29, 0.717) is 6.54 Å². The van der Waals surface area contributed by atoms with E-state index in [1.165, 1.54) is 11.1 Å². The highest BCUT2D eigenvalue weighted by Gasteiger charge is 2.24. The molecule has 1 aliphatic heterocycles. The van der Waals surface area contributed by atoms with E-state index in [-0.39, 0.29) is 5.91 Å². The molecule has 1 amide bonds. The van der Waals surface area contributed by atoms with Crippen LogP contribution in [0.2, 0.25) is 0 Å². The van der Waals surface area contributed by atoms with E-state index in [1.54, 1.807) is 24.9 Å². The van der Waals surface area contributed by atoms with Crippen molar-refractivity contribution in [3.8, 4) is 11.1 Å². The number of hydrogen-bond acceptors (Lipinski definition) is 6. The Morgan fingerprint density at radius 1 is 1.12 bits per heavy atom. The van der Waals surface area contributed by atoms with Crippen LogP contribution in [0.5, 0.6) is 0 Å². The fourth-order valence-corrected chi connectivity index (χ4v) is 4.43. The quantitative estimate of drug-likeness (QED) is 0.488. The maximum Gasteiger partial charge on any atom is 0.243 e. The molecule has 34 heavy (non-hydrogen) atoms. The second-order valence-corrected chi connectivity index (χ2v) is 9.62. The van der Waals surface area contributed by atoms with Gasteiger partial charge in [-0.05, 0) is 73.7 Å². The topological polar surface area (TPSA) is 102 Å². The zero-order chi connectivity index (χ0) is 24.0. The van der Waals surface area contributed by atoms with Crippen LogP contribution in [0.25, 0.3) is 22.0 Å². The molecular weight excluding hydrogens is 426 g/mol. The third-order valence-corrected chi connectivity index (χ3v) is 6.31. The van der Waals surface area contributed by atoms with Gasteiger partial charge in [0.1, 0.15) is 12.1 Å². The van der Waals surface area contributed by atoms with Crippen LogP contribution in [0, 0.1) is 6.92 Å². The van der Waals surface area contributed by atoms with Crippen LogP contribution in [-0.2, 0) is 24.8 Å². The molecule has 8 heteroatoms. The van der Waals surface area contributed by atoms with Crippen LogP contribution >= 0.6 is 0 Å². The van der Waals surface area contributed by atoms with Crippen molar-refractivity contribution in [2.45, 2.75) is 39.3 Å². The number of nitrogens with two attached hydrogens (primary N) is 1. The highest BCUT2D eigenvalue weighted by atomic mass is 16.2. The van der Waals surface area contributed by atoms with Gasteiger partial charge in [0.2, 0.25) is 5.91 Å². The predicted molar refractivity (Wildman–Crippen MR) is 135 cm³/mol. The van der Waals surface area contributed by atoms with Crippen molar-refractivity contribution in [1.29, 1.82) is 0 Å². The Bertz CT molecular complexity index is 1400. The second-order valence-electron chi connectivity index (χ2n) is 9.62. The number of anilines is 2. The Balaban J connectivity index is 1.50. The lowest BCUT2D eigenvalue weighted by molar-refractivity contribution is -0.120. The smallest absolute Gasteiger partial charge is 0.243 e. The minimum Gasteiger partial charge on any atom is -0.351 e. The van der Waals surface area contributed by atoms with Crippen molar-refractivity contribution in [3.63, 3.8) is 0 Å². The molecule has 174 valence electrons. The lowest BCUT2D eigenvalue weighted by Gasteiger charge is -2.31. The summed E-state index contributed by atoms with van der Waals surface area (Å²) in [5.74, 6) is 0.710. The standard InChI is InChI=1S/C26H29N7O/c1-16-9-18(20-12-30-32(4)13-20)11-22-23(16)28-15-29-24(22)33-8-7-17-5-6-21(10-19(17)14-33)31-25(34)26(2,3)27/h5-6,9-13,15H,7-8,14,27H2,1-4H3,(H,31,34). The summed E-state index contributed by atoms with van der Waals surface area (Å²) in [6, 6.07) is 10.4. The summed E-state index contributed by atoms with van der Waals surface area (Å²) < 4.78 is 1.81. The van der Waals surface area contributed by atoms with Crippen LogP contribution in [0.4, 0.5) is 11.5 Å². The molecule has 0 fully saturated rings. The van der Waals surface area contributed by atoms with Gasteiger partial charge in [-0.15, -0.1) is 0 Å². The third-order valence-electron chi connectivity index (χ3n) is 6.31. The number of amides is 1. The monoisotopic (exact) mass is 455 g/mol. The lowest BCUT2D eigenvalue weighted by atomic mass is 9.97. The maximum absolute atomic E-state index is 12.3. The maximum atomic E-state index is 12.3. The number of hydrogen-bond donors (Lipinski definition) is 2. The number of nitrogens with zero attached hydrogens (tertiary/aromatic N) is 5. The Kier molecular flexibility index (Phi) is 5.32. The van der Waals surface area contributed by atoms with Gasteiger partial charge < -0.3 is 16.0 Å². The number of rotatable bonds is 4. The van der Waals surface area contributed by atoms with Crippen molar-refractivity contribution in [2.75, 3.05) is 16.8 Å². The average Bonchev–Trinajstić information content (AvgIpc) is 3.24. The van der Waals surface area contributed by atoms with E-state index < -0.39 is 5.54 Å². The molecule has 0 spiro atoms. The summed E-state index contributed by atoms with van der Waals surface area (Å²) in [6.07, 6.45) is 6.43. The van der Waals surface area contributed by atoms with E-state index in [1.807, 2.05) is 31.6 Å². The van der Waals surface area contributed by atoms with Crippen LogP contribution < -0.4 is 16.0 Å². The molecule has 5 rings (SSSR count). The molecule has 2 aromatic carbocycles. The van der Waals surface area contributed by atoms with E-state index in [2.05, 4.69) is 45.4 Å². The SMILES string of the molecule is Cc1cc(-c2cnn(C)c2)cc2c(N3CCc4ccc(NC(=O)C(C)(C)N)cc4C3)ncnc12. The van der Waals surface area contributed by atoms with Crippen LogP contribution in [-0.4, -0.2) is 37.7 Å². The Morgan fingerprint density at radius 3 is 2.68 bits per heavy atom. The van der Waals surface area contributed by atoms with Gasteiger partial charge in [-0.1, -0.05) is 6.07 Å². The molecule has 0 bridgehead atoms. The van der Waals surface area contributed by atoms with Gasteiger partial charge in [-0.25, -0.2) is 9.97 Å². The fraction of sp³-hybridized carbons (Fsp3) is 0.308. The van der Waals surface area contributed by atoms with Crippen molar-refractivity contribution in [3.05, 3.63) is 65.7 Å². The molecule has 8 nitrogen and oxygen atoms in total. The summed E-state index contributed by atoms with van der Waals surface area (Å²) in [4.78, 5) is 23.9. The molecular formula is C26H29N7O. The van der Waals surface area contributed by atoms with Crippen molar-refractivity contribution in [1.82, 2.24) is 19.7 Å². The predicted octanol–water partition coefficient (Wildman–Crippen LogP) is 3.58. The molecule has 1 aliphatic rings. The third kappa shape index (κ3) is 4.12. The average molecular weight is 456 g/mol. The van der Waals surface area contributed by atoms with Gasteiger partial charge in [0.15, 0.2) is 0 Å². The van der Waals surface area contributed by atoms with Crippen molar-refractivity contribution >= 4 is 28.3 Å². The van der Waals surface area contributed by atoms with Gasteiger partial charge in [-0.3, -0.25) is 9.48 Å². The molecule has 3 heterocycles. The largest absolute Gasteiger partial charge is 0.351 e. The first-order chi connectivity index (χ1) is 16.2. The van der Waals surface area contributed by atoms with Crippen molar-refractivity contribution in [2.24, 2.45) is 12.8 Å². The van der Waals surface area contributed by atoms with E-state index in [4.69, 9.17) is 10.7 Å². The van der Waals surface area contributed by atoms with Gasteiger partial charge in [-0.2, -0.15) is 5.10 Å². The highest BCUT2D eigenvalue weighted by Crippen LogP contribution is 2.33. The molecule has 0 saturated heterocycles. The number of benzene rings is 2. The number of carbonyl (C=O) groups is 1. The first-order valence-corrected chi connectivity index (χ1v) is 11.4. The molecule has 0 radical (unpaired) electrons. The van der Waals surface area contributed by atoms with Gasteiger partial charge in [0.25, 0.3) is 0 Å². The summed E-state index contributed by atoms with van der Waals surface area (Å²) in [6.45, 7) is 7.04. The van der Waals surface area contributed by atoms with Gasteiger partial charge >= 0.3 is 0 Å². The molecule has 3 N–H and O–H groups in total. The lowest BCUT2D eigenvalue weighted by Crippen LogP contribution is -2.45. The molecule has 4 aromatic rings. The molecule has 0 aliphatic carbocycles. The fourth-order valence-electron chi connectivity index (χ4n) is 4.43. The van der Waals surface area contributed by atoms with Gasteiger partial charge in [0, 0.05) is 43.0 Å². The Labute approximate surface area is 198 Å². The van der Waals surface area contributed by atoms with E-state index >= 15 is 0 Å². The zero-order valence-corrected chi connectivity index (χ0v) is 20.0. The Hall–Kier alpha value is -3.78. The Morgan fingerprint density at radius 2 is 1.94 bits per heavy atom. The summed E-state index contributed by atoms with van der Waals surface area (Å²) >= 11 is 0. The highest BCUT2D eigenvalue weighted by molar-refractivity contribution is 5.97. The minimum absolute atomic E-state index is 0.208. The molecule has 0 unspecified atom stereocenters. The van der Waals surface area contributed by atoms with Crippen molar-refractivity contribution < 1.29 is 4.79 Å². The molecule has 0 atom stereocenters. The molecule has 2 aromatic heterocycles. The number of carbonyl (C=O) groups excluding carboxylic acids is 1.